The van der Waals surface area contributed by atoms with Gasteiger partial charge in [0, 0.05) is 0 Å². The lowest BCUT2D eigenvalue weighted by Crippen LogP contribution is -1.63. The molecule has 0 radical (unpaired) electrons. The maximum absolute atomic E-state index is 8.00. The first-order valence-corrected chi connectivity index (χ1v) is 5.47. The molecule has 0 aliphatic heterocycles. The van der Waals surface area contributed by atoms with Gasteiger partial charge in [-0.05, 0) is 19.4 Å². The predicted molar refractivity (Wildman–Crippen MR) is 73.2 cm³/mol. The van der Waals surface area contributed by atoms with E-state index in [9.17, 15) is 0 Å². The molecule has 0 spiro atoms. The summed E-state index contributed by atoms with van der Waals surface area (Å²) in [6, 6.07) is 0. The SMILES string of the molecule is C=CC(/C=C/C)=C\C.C=O.CC.CCC. The van der Waals surface area contributed by atoms with Gasteiger partial charge in [-0.2, -0.15) is 0 Å². The van der Waals surface area contributed by atoms with Crippen LogP contribution in [0.3, 0.4) is 0 Å². The summed E-state index contributed by atoms with van der Waals surface area (Å²) in [5.41, 5.74) is 1.17. The van der Waals surface area contributed by atoms with Gasteiger partial charge in [0.15, 0.2) is 0 Å². The van der Waals surface area contributed by atoms with Crippen LogP contribution in [0.2, 0.25) is 0 Å². The number of carbonyl (C=O) groups is 1. The van der Waals surface area contributed by atoms with Crippen molar-refractivity contribution in [3.8, 4) is 0 Å². The topological polar surface area (TPSA) is 17.1 Å². The molecule has 0 saturated carbocycles. The highest BCUT2D eigenvalue weighted by atomic mass is 16.1. The Hall–Kier alpha value is -1.11. The maximum Gasteiger partial charge on any atom is 0.106 e. The van der Waals surface area contributed by atoms with Crippen molar-refractivity contribution < 1.29 is 4.79 Å². The van der Waals surface area contributed by atoms with E-state index in [1.165, 1.54) is 12.0 Å². The Kier molecular flexibility index (Phi) is 60.4. The smallest absolute Gasteiger partial charge is 0.106 e. The van der Waals surface area contributed by atoms with Crippen molar-refractivity contribution in [3.05, 3.63) is 36.5 Å². The number of hydrogen-bond acceptors (Lipinski definition) is 1. The van der Waals surface area contributed by atoms with Crippen LogP contribution in [0.1, 0.15) is 48.0 Å². The average Bonchev–Trinajstić information content (AvgIpc) is 2.32. The van der Waals surface area contributed by atoms with Crippen LogP contribution in [-0.4, -0.2) is 6.79 Å². The fourth-order valence-electron chi connectivity index (χ4n) is 0.475. The zero-order chi connectivity index (χ0) is 13.1. The summed E-state index contributed by atoms with van der Waals surface area (Å²) >= 11 is 0. The van der Waals surface area contributed by atoms with Crippen molar-refractivity contribution >= 4 is 6.79 Å². The van der Waals surface area contributed by atoms with Crippen LogP contribution in [0.5, 0.6) is 0 Å². The zero-order valence-corrected chi connectivity index (χ0v) is 11.3. The third kappa shape index (κ3) is 44.1. The van der Waals surface area contributed by atoms with Crippen LogP contribution in [0.25, 0.3) is 0 Å². The number of hydrogen-bond donors (Lipinski definition) is 0. The first-order chi connectivity index (χ1) is 7.26. The molecule has 0 atom stereocenters. The summed E-state index contributed by atoms with van der Waals surface area (Å²) in [6.45, 7) is 17.9. The Balaban J connectivity index is -0.0000000726. The van der Waals surface area contributed by atoms with Gasteiger partial charge in [0.1, 0.15) is 6.79 Å². The monoisotopic (exact) mass is 212 g/mol. The van der Waals surface area contributed by atoms with Gasteiger partial charge in [-0.15, -0.1) is 0 Å². The van der Waals surface area contributed by atoms with Gasteiger partial charge in [-0.25, -0.2) is 0 Å². The molecule has 0 fully saturated rings. The van der Waals surface area contributed by atoms with E-state index in [0.717, 1.165) is 0 Å². The van der Waals surface area contributed by atoms with E-state index in [2.05, 4.69) is 20.4 Å². The van der Waals surface area contributed by atoms with Gasteiger partial charge in [-0.1, -0.05) is 65.0 Å². The summed E-state index contributed by atoms with van der Waals surface area (Å²) in [5, 5.41) is 0. The minimum absolute atomic E-state index is 1.17. The van der Waals surface area contributed by atoms with Gasteiger partial charge >= 0.3 is 0 Å². The van der Waals surface area contributed by atoms with Crippen LogP contribution in [0.15, 0.2) is 36.5 Å². The minimum atomic E-state index is 1.17. The lowest BCUT2D eigenvalue weighted by Gasteiger charge is -1.84. The molecule has 0 heterocycles. The molecule has 0 aromatic rings. The van der Waals surface area contributed by atoms with Crippen LogP contribution in [0, 0.1) is 0 Å². The molecule has 0 bridgehead atoms. The molecule has 0 rings (SSSR count). The highest BCUT2D eigenvalue weighted by Crippen LogP contribution is 1.95. The Labute approximate surface area is 96.6 Å². The zero-order valence-electron chi connectivity index (χ0n) is 11.3. The number of allylic oxidation sites excluding steroid dienone is 5. The van der Waals surface area contributed by atoms with Gasteiger partial charge < -0.3 is 4.79 Å². The Morgan fingerprint density at radius 1 is 1.13 bits per heavy atom. The van der Waals surface area contributed by atoms with Crippen LogP contribution < -0.4 is 0 Å². The van der Waals surface area contributed by atoms with Crippen molar-refractivity contribution in [2.24, 2.45) is 0 Å². The summed E-state index contributed by atoms with van der Waals surface area (Å²) < 4.78 is 0. The second-order valence-electron chi connectivity index (χ2n) is 2.20. The van der Waals surface area contributed by atoms with E-state index in [4.69, 9.17) is 4.79 Å². The van der Waals surface area contributed by atoms with Crippen LogP contribution in [0.4, 0.5) is 0 Å². The Morgan fingerprint density at radius 2 is 1.47 bits per heavy atom. The molecule has 0 aliphatic carbocycles. The number of rotatable bonds is 2. The van der Waals surface area contributed by atoms with Gasteiger partial charge in [0.2, 0.25) is 0 Å². The van der Waals surface area contributed by atoms with Crippen LogP contribution in [-0.2, 0) is 4.79 Å². The standard InChI is InChI=1S/C8H12.C3H8.C2H6.CH2O/c1-4-7-8(5-2)6-3;1-3-2;2*1-2/h4-7H,2H2,1,3H3;3H2,1-2H3;1-2H3;1H2/b7-4+,8-6+;;;. The first kappa shape index (κ1) is 23.6. The molecular weight excluding hydrogens is 184 g/mol. The van der Waals surface area contributed by atoms with E-state index in [1.54, 1.807) is 0 Å². The quantitative estimate of drug-likeness (QED) is 0.592. The van der Waals surface area contributed by atoms with Crippen molar-refractivity contribution in [1.82, 2.24) is 0 Å². The molecule has 1 heteroatoms. The number of carbonyl (C=O) groups excluding carboxylic acids is 1. The second-order valence-corrected chi connectivity index (χ2v) is 2.20. The normalized spacial score (nSPS) is 8.53. The fourth-order valence-corrected chi connectivity index (χ4v) is 0.475. The molecule has 15 heavy (non-hydrogen) atoms. The summed E-state index contributed by atoms with van der Waals surface area (Å²) in [5.74, 6) is 0. The van der Waals surface area contributed by atoms with Gasteiger partial charge in [0.25, 0.3) is 0 Å². The molecule has 0 amide bonds. The van der Waals surface area contributed by atoms with Crippen molar-refractivity contribution in [2.75, 3.05) is 0 Å². The van der Waals surface area contributed by atoms with E-state index in [-0.39, 0.29) is 0 Å². The lowest BCUT2D eigenvalue weighted by molar-refractivity contribution is -0.0979. The third-order valence-electron chi connectivity index (χ3n) is 0.928. The summed E-state index contributed by atoms with van der Waals surface area (Å²) in [6.07, 6.45) is 9.12. The van der Waals surface area contributed by atoms with Gasteiger partial charge in [0.05, 0.1) is 0 Å². The van der Waals surface area contributed by atoms with E-state index >= 15 is 0 Å². The third-order valence-corrected chi connectivity index (χ3v) is 0.928. The Morgan fingerprint density at radius 3 is 1.53 bits per heavy atom. The molecule has 0 saturated heterocycles. The fraction of sp³-hybridized carbons (Fsp3) is 0.500. The minimum Gasteiger partial charge on any atom is -0.307 e. The lowest BCUT2D eigenvalue weighted by atomic mass is 10.2. The van der Waals surface area contributed by atoms with E-state index in [1.807, 2.05) is 58.8 Å². The highest BCUT2D eigenvalue weighted by molar-refractivity contribution is 5.27. The molecule has 0 aliphatic rings. The van der Waals surface area contributed by atoms with Crippen LogP contribution >= 0.6 is 0 Å². The first-order valence-electron chi connectivity index (χ1n) is 5.47. The largest absolute Gasteiger partial charge is 0.307 e. The predicted octanol–water partition coefficient (Wildman–Crippen LogP) is 4.95. The molecule has 0 N–H and O–H groups in total. The molecule has 90 valence electrons. The van der Waals surface area contributed by atoms with E-state index in [0.29, 0.717) is 0 Å². The molecule has 0 aromatic heterocycles. The highest BCUT2D eigenvalue weighted by Gasteiger charge is 1.74. The Bertz CT molecular complexity index is 143. The summed E-state index contributed by atoms with van der Waals surface area (Å²) in [4.78, 5) is 8.00. The van der Waals surface area contributed by atoms with E-state index < -0.39 is 0 Å². The molecular formula is C14H28O. The summed E-state index contributed by atoms with van der Waals surface area (Å²) in [7, 11) is 0. The molecule has 0 unspecified atom stereocenters. The van der Waals surface area contributed by atoms with Crippen molar-refractivity contribution in [3.63, 3.8) is 0 Å². The van der Waals surface area contributed by atoms with Gasteiger partial charge in [-0.3, -0.25) is 0 Å². The molecule has 0 aromatic carbocycles. The maximum atomic E-state index is 8.00. The second kappa shape index (κ2) is 38.4. The average molecular weight is 212 g/mol. The molecule has 1 nitrogen and oxygen atoms in total. The van der Waals surface area contributed by atoms with Crippen molar-refractivity contribution in [1.29, 1.82) is 0 Å². The van der Waals surface area contributed by atoms with Crippen molar-refractivity contribution in [2.45, 2.75) is 48.0 Å².